The fourth-order valence-electron chi connectivity index (χ4n) is 2.63. The van der Waals surface area contributed by atoms with Gasteiger partial charge in [-0.2, -0.15) is 4.31 Å². The zero-order valence-electron chi connectivity index (χ0n) is 11.7. The van der Waals surface area contributed by atoms with Gasteiger partial charge in [-0.3, -0.25) is 0 Å². The minimum absolute atomic E-state index is 0.0389. The van der Waals surface area contributed by atoms with Gasteiger partial charge in [0.05, 0.1) is 13.2 Å². The first-order valence-corrected chi connectivity index (χ1v) is 8.40. The second kappa shape index (κ2) is 5.11. The van der Waals surface area contributed by atoms with Crippen molar-refractivity contribution < 1.29 is 23.1 Å². The summed E-state index contributed by atoms with van der Waals surface area (Å²) in [6.07, 6.45) is 3.24. The summed E-state index contributed by atoms with van der Waals surface area (Å²) < 4.78 is 33.6. The van der Waals surface area contributed by atoms with Crippen LogP contribution in [-0.4, -0.2) is 54.2 Å². The molecule has 0 radical (unpaired) electrons. The molecule has 1 saturated carbocycles. The number of morpholine rings is 1. The van der Waals surface area contributed by atoms with Crippen LogP contribution < -0.4 is 0 Å². The monoisotopic (exact) mass is 314 g/mol. The second-order valence-electron chi connectivity index (χ2n) is 5.54. The van der Waals surface area contributed by atoms with E-state index in [1.54, 1.807) is 11.5 Å². The molecule has 0 amide bonds. The fourth-order valence-corrected chi connectivity index (χ4v) is 4.25. The first-order valence-electron chi connectivity index (χ1n) is 6.96. The maximum atomic E-state index is 12.7. The number of carboxylic acids is 1. The average molecular weight is 314 g/mol. The highest BCUT2D eigenvalue weighted by atomic mass is 32.2. The van der Waals surface area contributed by atoms with Crippen LogP contribution >= 0.6 is 0 Å². The van der Waals surface area contributed by atoms with E-state index in [0.717, 1.165) is 12.8 Å². The van der Waals surface area contributed by atoms with E-state index in [2.05, 4.69) is 0 Å². The third-order valence-electron chi connectivity index (χ3n) is 3.90. The predicted molar refractivity (Wildman–Crippen MR) is 73.8 cm³/mol. The maximum absolute atomic E-state index is 12.7. The summed E-state index contributed by atoms with van der Waals surface area (Å²) in [5, 5.41) is 9.23. The SMILES string of the molecule is C[C@@H]1COCCN1S(=O)(=O)c1cc(C(=O)O)n(C2CC2)c1. The third kappa shape index (κ3) is 2.58. The van der Waals surface area contributed by atoms with Gasteiger partial charge >= 0.3 is 5.97 Å². The van der Waals surface area contributed by atoms with Crippen molar-refractivity contribution >= 4 is 16.0 Å². The third-order valence-corrected chi connectivity index (χ3v) is 5.88. The molecule has 3 rings (SSSR count). The standard InChI is InChI=1S/C13H18N2O5S/c1-9-8-20-5-4-15(9)21(18,19)11-6-12(13(16)17)14(7-11)10-2-3-10/h6-7,9-10H,2-5,8H2,1H3,(H,16,17)/t9-/m1/s1. The minimum atomic E-state index is -3.68. The van der Waals surface area contributed by atoms with Crippen LogP contribution in [0, 0.1) is 0 Å². The van der Waals surface area contributed by atoms with E-state index in [9.17, 15) is 18.3 Å². The van der Waals surface area contributed by atoms with E-state index in [4.69, 9.17) is 4.74 Å². The number of carboxylic acid groups (broad SMARTS) is 1. The maximum Gasteiger partial charge on any atom is 0.352 e. The van der Waals surface area contributed by atoms with Gasteiger partial charge in [0.1, 0.15) is 10.6 Å². The molecule has 0 unspecified atom stereocenters. The molecule has 21 heavy (non-hydrogen) atoms. The lowest BCUT2D eigenvalue weighted by molar-refractivity contribution is 0.0393. The van der Waals surface area contributed by atoms with Gasteiger partial charge in [-0.15, -0.1) is 0 Å². The minimum Gasteiger partial charge on any atom is -0.477 e. The van der Waals surface area contributed by atoms with Gasteiger partial charge in [0, 0.05) is 24.8 Å². The van der Waals surface area contributed by atoms with Gasteiger partial charge in [-0.1, -0.05) is 0 Å². The smallest absolute Gasteiger partial charge is 0.352 e. The first-order chi connectivity index (χ1) is 9.91. The lowest BCUT2D eigenvalue weighted by atomic mass is 10.3. The van der Waals surface area contributed by atoms with Gasteiger partial charge < -0.3 is 14.4 Å². The van der Waals surface area contributed by atoms with E-state index in [1.807, 2.05) is 0 Å². The number of rotatable bonds is 4. The van der Waals surface area contributed by atoms with Crippen molar-refractivity contribution in [2.45, 2.75) is 36.7 Å². The molecule has 116 valence electrons. The van der Waals surface area contributed by atoms with Crippen molar-refractivity contribution in [2.24, 2.45) is 0 Å². The zero-order chi connectivity index (χ0) is 15.2. The molecule has 2 fully saturated rings. The molecular weight excluding hydrogens is 296 g/mol. The van der Waals surface area contributed by atoms with Crippen molar-refractivity contribution in [2.75, 3.05) is 19.8 Å². The Morgan fingerprint density at radius 2 is 2.14 bits per heavy atom. The quantitative estimate of drug-likeness (QED) is 0.893. The molecule has 1 atom stereocenters. The van der Waals surface area contributed by atoms with Gasteiger partial charge in [0.15, 0.2) is 0 Å². The van der Waals surface area contributed by atoms with Crippen LogP contribution in [0.25, 0.3) is 0 Å². The van der Waals surface area contributed by atoms with E-state index in [0.29, 0.717) is 19.8 Å². The van der Waals surface area contributed by atoms with E-state index in [1.165, 1.54) is 16.6 Å². The molecule has 0 bridgehead atoms. The Morgan fingerprint density at radius 1 is 1.43 bits per heavy atom. The van der Waals surface area contributed by atoms with Gasteiger partial charge in [-0.05, 0) is 25.8 Å². The Kier molecular flexibility index (Phi) is 3.54. The Balaban J connectivity index is 1.98. The van der Waals surface area contributed by atoms with Crippen molar-refractivity contribution in [1.29, 1.82) is 0 Å². The highest BCUT2D eigenvalue weighted by Gasteiger charge is 2.35. The van der Waals surface area contributed by atoms with Crippen molar-refractivity contribution in [3.8, 4) is 0 Å². The molecule has 1 aromatic heterocycles. The summed E-state index contributed by atoms with van der Waals surface area (Å²) >= 11 is 0. The molecule has 8 heteroatoms. The number of hydrogen-bond acceptors (Lipinski definition) is 4. The summed E-state index contributed by atoms with van der Waals surface area (Å²) in [5.41, 5.74) is 0.0389. The van der Waals surface area contributed by atoms with Crippen molar-refractivity contribution in [3.05, 3.63) is 18.0 Å². The number of nitrogens with zero attached hydrogens (tertiary/aromatic N) is 2. The molecule has 0 spiro atoms. The summed E-state index contributed by atoms with van der Waals surface area (Å²) in [4.78, 5) is 11.3. The van der Waals surface area contributed by atoms with Crippen LogP contribution in [0.4, 0.5) is 0 Å². The number of sulfonamides is 1. The number of ether oxygens (including phenoxy) is 1. The zero-order valence-corrected chi connectivity index (χ0v) is 12.5. The van der Waals surface area contributed by atoms with Crippen molar-refractivity contribution in [1.82, 2.24) is 8.87 Å². The Hall–Kier alpha value is -1.38. The normalized spacial score (nSPS) is 24.1. The van der Waals surface area contributed by atoms with Crippen molar-refractivity contribution in [3.63, 3.8) is 0 Å². The Bertz CT molecular complexity index is 662. The molecule has 1 N–H and O–H groups in total. The van der Waals surface area contributed by atoms with E-state index >= 15 is 0 Å². The number of carbonyl (C=O) groups is 1. The fraction of sp³-hybridized carbons (Fsp3) is 0.615. The van der Waals surface area contributed by atoms with Crippen LogP contribution in [0.2, 0.25) is 0 Å². The van der Waals surface area contributed by atoms with Crippen LogP contribution in [0.3, 0.4) is 0 Å². The Labute approximate surface area is 123 Å². The largest absolute Gasteiger partial charge is 0.477 e. The van der Waals surface area contributed by atoms with Crippen LogP contribution in [0.1, 0.15) is 36.3 Å². The molecule has 1 aromatic rings. The van der Waals surface area contributed by atoms with Gasteiger partial charge in [-0.25, -0.2) is 13.2 Å². The number of aromatic carboxylic acids is 1. The number of aromatic nitrogens is 1. The Morgan fingerprint density at radius 3 is 2.71 bits per heavy atom. The summed E-state index contributed by atoms with van der Waals surface area (Å²) in [6, 6.07) is 1.13. The molecule has 1 aliphatic heterocycles. The summed E-state index contributed by atoms with van der Waals surface area (Å²) in [5.74, 6) is -1.10. The number of hydrogen-bond donors (Lipinski definition) is 1. The predicted octanol–water partition coefficient (Wildman–Crippen LogP) is 0.931. The lowest BCUT2D eigenvalue weighted by Gasteiger charge is -2.31. The van der Waals surface area contributed by atoms with Crippen LogP contribution in [0.15, 0.2) is 17.2 Å². The second-order valence-corrected chi connectivity index (χ2v) is 7.43. The van der Waals surface area contributed by atoms with Gasteiger partial charge in [0.2, 0.25) is 10.0 Å². The topological polar surface area (TPSA) is 88.8 Å². The molecule has 1 aliphatic carbocycles. The average Bonchev–Trinajstić information content (AvgIpc) is 3.16. The first kappa shape index (κ1) is 14.6. The molecular formula is C13H18N2O5S. The summed E-state index contributed by atoms with van der Waals surface area (Å²) in [7, 11) is -3.68. The highest BCUT2D eigenvalue weighted by molar-refractivity contribution is 7.89. The lowest BCUT2D eigenvalue weighted by Crippen LogP contribution is -2.46. The molecule has 7 nitrogen and oxygen atoms in total. The van der Waals surface area contributed by atoms with E-state index < -0.39 is 16.0 Å². The molecule has 2 aliphatic rings. The summed E-state index contributed by atoms with van der Waals surface area (Å²) in [6.45, 7) is 2.79. The molecule has 0 aromatic carbocycles. The van der Waals surface area contributed by atoms with E-state index in [-0.39, 0.29) is 22.7 Å². The molecule has 2 heterocycles. The van der Waals surface area contributed by atoms with Crippen LogP contribution in [-0.2, 0) is 14.8 Å². The molecule has 1 saturated heterocycles. The van der Waals surface area contributed by atoms with Crippen LogP contribution in [0.5, 0.6) is 0 Å². The van der Waals surface area contributed by atoms with Gasteiger partial charge in [0.25, 0.3) is 0 Å². The highest BCUT2D eigenvalue weighted by Crippen LogP contribution is 2.37.